The van der Waals surface area contributed by atoms with E-state index in [0.717, 1.165) is 4.88 Å². The van der Waals surface area contributed by atoms with Crippen molar-refractivity contribution in [3.05, 3.63) is 21.9 Å². The predicted molar refractivity (Wildman–Crippen MR) is 65.1 cm³/mol. The number of hydrogen-bond acceptors (Lipinski definition) is 3. The van der Waals surface area contributed by atoms with Crippen LogP contribution in [0.25, 0.3) is 0 Å². The summed E-state index contributed by atoms with van der Waals surface area (Å²) in [5, 5.41) is 12.5. The molecular formula is C12H17NO2S. The molecule has 1 atom stereocenters. The standard InChI is InChI=1S/C12H17NO2S/c1-8-5-6-11(16-8)10(12(14)15)7-13-9-3-2-4-9/h5-6,9-10,13H,2-4,7H2,1H3,(H,14,15). The third kappa shape index (κ3) is 2.62. The van der Waals surface area contributed by atoms with Crippen LogP contribution in [0.1, 0.15) is 34.9 Å². The fraction of sp³-hybridized carbons (Fsp3) is 0.583. The average molecular weight is 239 g/mol. The molecule has 16 heavy (non-hydrogen) atoms. The zero-order chi connectivity index (χ0) is 11.5. The molecule has 1 aromatic heterocycles. The van der Waals surface area contributed by atoms with Gasteiger partial charge in [-0.25, -0.2) is 0 Å². The number of rotatable bonds is 5. The summed E-state index contributed by atoms with van der Waals surface area (Å²) in [7, 11) is 0. The Morgan fingerprint density at radius 3 is 2.81 bits per heavy atom. The van der Waals surface area contributed by atoms with Crippen molar-refractivity contribution in [1.29, 1.82) is 0 Å². The first-order valence-electron chi connectivity index (χ1n) is 5.69. The second-order valence-electron chi connectivity index (χ2n) is 4.38. The Morgan fingerprint density at radius 1 is 1.62 bits per heavy atom. The van der Waals surface area contributed by atoms with Gasteiger partial charge in [-0.05, 0) is 31.9 Å². The minimum Gasteiger partial charge on any atom is -0.481 e. The van der Waals surface area contributed by atoms with E-state index < -0.39 is 5.97 Å². The molecule has 2 rings (SSSR count). The lowest BCUT2D eigenvalue weighted by atomic mass is 9.92. The van der Waals surface area contributed by atoms with Crippen molar-refractivity contribution >= 4 is 17.3 Å². The van der Waals surface area contributed by atoms with E-state index in [9.17, 15) is 9.90 Å². The molecule has 1 unspecified atom stereocenters. The Bertz CT molecular complexity index is 371. The first-order chi connectivity index (χ1) is 7.66. The quantitative estimate of drug-likeness (QED) is 0.829. The van der Waals surface area contributed by atoms with Crippen molar-refractivity contribution in [2.45, 2.75) is 38.1 Å². The average Bonchev–Trinajstić information content (AvgIpc) is 2.55. The van der Waals surface area contributed by atoms with E-state index in [1.54, 1.807) is 11.3 Å². The van der Waals surface area contributed by atoms with Crippen LogP contribution in [0.2, 0.25) is 0 Å². The van der Waals surface area contributed by atoms with E-state index in [1.165, 1.54) is 24.1 Å². The zero-order valence-electron chi connectivity index (χ0n) is 9.40. The first-order valence-corrected chi connectivity index (χ1v) is 6.51. The number of carboxylic acids is 1. The van der Waals surface area contributed by atoms with Crippen LogP contribution in [0.3, 0.4) is 0 Å². The lowest BCUT2D eigenvalue weighted by Gasteiger charge is -2.27. The molecule has 4 heteroatoms. The van der Waals surface area contributed by atoms with Crippen LogP contribution in [0.15, 0.2) is 12.1 Å². The lowest BCUT2D eigenvalue weighted by molar-refractivity contribution is -0.138. The van der Waals surface area contributed by atoms with Crippen LogP contribution in [0.5, 0.6) is 0 Å². The third-order valence-electron chi connectivity index (χ3n) is 3.12. The summed E-state index contributed by atoms with van der Waals surface area (Å²) in [4.78, 5) is 13.3. The molecule has 0 bridgehead atoms. The van der Waals surface area contributed by atoms with Gasteiger partial charge in [-0.1, -0.05) is 6.42 Å². The highest BCUT2D eigenvalue weighted by Gasteiger charge is 2.24. The molecule has 0 aliphatic heterocycles. The highest BCUT2D eigenvalue weighted by molar-refractivity contribution is 7.12. The second-order valence-corrected chi connectivity index (χ2v) is 5.69. The maximum Gasteiger partial charge on any atom is 0.313 e. The maximum absolute atomic E-state index is 11.2. The molecule has 1 heterocycles. The van der Waals surface area contributed by atoms with Gasteiger partial charge in [-0.15, -0.1) is 11.3 Å². The van der Waals surface area contributed by atoms with Crippen molar-refractivity contribution < 1.29 is 9.90 Å². The van der Waals surface area contributed by atoms with Gasteiger partial charge >= 0.3 is 5.97 Å². The number of hydrogen-bond donors (Lipinski definition) is 2. The van der Waals surface area contributed by atoms with Crippen LogP contribution >= 0.6 is 11.3 Å². The molecule has 0 saturated heterocycles. The number of carbonyl (C=O) groups is 1. The number of thiophene rings is 1. The summed E-state index contributed by atoms with van der Waals surface area (Å²) in [5.74, 6) is -1.12. The number of nitrogens with one attached hydrogen (secondary N) is 1. The smallest absolute Gasteiger partial charge is 0.313 e. The fourth-order valence-electron chi connectivity index (χ4n) is 1.85. The Morgan fingerprint density at radius 2 is 2.38 bits per heavy atom. The van der Waals surface area contributed by atoms with Crippen molar-refractivity contribution in [3.8, 4) is 0 Å². The summed E-state index contributed by atoms with van der Waals surface area (Å²) in [5.41, 5.74) is 0. The molecule has 1 aromatic rings. The molecule has 0 spiro atoms. The first kappa shape index (κ1) is 11.6. The summed E-state index contributed by atoms with van der Waals surface area (Å²) in [6.07, 6.45) is 3.65. The molecule has 88 valence electrons. The monoisotopic (exact) mass is 239 g/mol. The van der Waals surface area contributed by atoms with Gasteiger partial charge in [-0.3, -0.25) is 4.79 Å². The second kappa shape index (κ2) is 4.97. The van der Waals surface area contributed by atoms with Gasteiger partial charge in [0.2, 0.25) is 0 Å². The van der Waals surface area contributed by atoms with E-state index in [-0.39, 0.29) is 5.92 Å². The molecule has 2 N–H and O–H groups in total. The third-order valence-corrected chi connectivity index (χ3v) is 4.23. The van der Waals surface area contributed by atoms with Gasteiger partial charge in [-0.2, -0.15) is 0 Å². The Hall–Kier alpha value is -0.870. The Kier molecular flexibility index (Phi) is 3.61. The fourth-order valence-corrected chi connectivity index (χ4v) is 2.82. The van der Waals surface area contributed by atoms with E-state index >= 15 is 0 Å². The lowest BCUT2D eigenvalue weighted by Crippen LogP contribution is -2.39. The Balaban J connectivity index is 1.96. The Labute approximate surface area is 99.5 Å². The van der Waals surface area contributed by atoms with Gasteiger partial charge in [0.15, 0.2) is 0 Å². The molecule has 0 radical (unpaired) electrons. The number of aryl methyl sites for hydroxylation is 1. The van der Waals surface area contributed by atoms with Crippen molar-refractivity contribution in [1.82, 2.24) is 5.32 Å². The number of aliphatic carboxylic acids is 1. The number of carboxylic acid groups (broad SMARTS) is 1. The maximum atomic E-state index is 11.2. The van der Waals surface area contributed by atoms with Crippen LogP contribution < -0.4 is 5.32 Å². The SMILES string of the molecule is Cc1ccc(C(CNC2CCC2)C(=O)O)s1. The van der Waals surface area contributed by atoms with Crippen molar-refractivity contribution in [2.24, 2.45) is 0 Å². The molecule has 1 aliphatic carbocycles. The highest BCUT2D eigenvalue weighted by atomic mass is 32.1. The van der Waals surface area contributed by atoms with E-state index in [1.807, 2.05) is 19.1 Å². The van der Waals surface area contributed by atoms with Crippen LogP contribution in [0, 0.1) is 6.92 Å². The summed E-state index contributed by atoms with van der Waals surface area (Å²) < 4.78 is 0. The van der Waals surface area contributed by atoms with E-state index in [4.69, 9.17) is 0 Å². The van der Waals surface area contributed by atoms with E-state index in [0.29, 0.717) is 12.6 Å². The predicted octanol–water partition coefficient (Wildman–Crippen LogP) is 2.37. The van der Waals surface area contributed by atoms with Gasteiger partial charge in [0, 0.05) is 22.3 Å². The van der Waals surface area contributed by atoms with Crippen molar-refractivity contribution in [2.75, 3.05) is 6.54 Å². The highest BCUT2D eigenvalue weighted by Crippen LogP contribution is 2.25. The van der Waals surface area contributed by atoms with Gasteiger partial charge in [0.1, 0.15) is 5.92 Å². The summed E-state index contributed by atoms with van der Waals surface area (Å²) in [6.45, 7) is 2.56. The summed E-state index contributed by atoms with van der Waals surface area (Å²) >= 11 is 1.58. The molecule has 0 aromatic carbocycles. The zero-order valence-corrected chi connectivity index (χ0v) is 10.2. The molecule has 1 aliphatic rings. The van der Waals surface area contributed by atoms with Crippen LogP contribution in [0.4, 0.5) is 0 Å². The molecular weight excluding hydrogens is 222 g/mol. The molecule has 3 nitrogen and oxygen atoms in total. The normalized spacial score (nSPS) is 18.1. The van der Waals surface area contributed by atoms with E-state index in [2.05, 4.69) is 5.32 Å². The minimum atomic E-state index is -0.728. The largest absolute Gasteiger partial charge is 0.481 e. The van der Waals surface area contributed by atoms with Gasteiger partial charge in [0.05, 0.1) is 0 Å². The van der Waals surface area contributed by atoms with Crippen LogP contribution in [-0.2, 0) is 4.79 Å². The minimum absolute atomic E-state index is 0.390. The van der Waals surface area contributed by atoms with Crippen molar-refractivity contribution in [3.63, 3.8) is 0 Å². The molecule has 1 fully saturated rings. The van der Waals surface area contributed by atoms with Gasteiger partial charge < -0.3 is 10.4 Å². The summed E-state index contributed by atoms with van der Waals surface area (Å²) in [6, 6.07) is 4.46. The van der Waals surface area contributed by atoms with Crippen LogP contribution in [-0.4, -0.2) is 23.7 Å². The molecule has 1 saturated carbocycles. The molecule has 0 amide bonds. The topological polar surface area (TPSA) is 49.3 Å². The van der Waals surface area contributed by atoms with Gasteiger partial charge in [0.25, 0.3) is 0 Å².